The molecule has 0 unspecified atom stereocenters. The van der Waals surface area contributed by atoms with Gasteiger partial charge in [0.05, 0.1) is 17.2 Å². The van der Waals surface area contributed by atoms with Crippen LogP contribution in [0.25, 0.3) is 0 Å². The van der Waals surface area contributed by atoms with E-state index < -0.39 is 34.3 Å². The van der Waals surface area contributed by atoms with Crippen LogP contribution in [0.3, 0.4) is 0 Å². The van der Waals surface area contributed by atoms with Crippen molar-refractivity contribution in [2.45, 2.75) is 75.9 Å². The number of carbonyl (C=O) groups excluding carboxylic acids is 2. The molecule has 1 fully saturated rings. The normalized spacial score (nSPS) is 14.1. The highest BCUT2D eigenvalue weighted by Gasteiger charge is 2.35. The lowest BCUT2D eigenvalue weighted by molar-refractivity contribution is -0.140. The first-order valence-electron chi connectivity index (χ1n) is 16.8. The molecule has 10 heteroatoms. The van der Waals surface area contributed by atoms with Gasteiger partial charge in [-0.05, 0) is 86.3 Å². The van der Waals surface area contributed by atoms with Gasteiger partial charge in [0.25, 0.3) is 10.0 Å². The largest absolute Gasteiger partial charge is 0.494 e. The molecule has 0 radical (unpaired) electrons. The minimum Gasteiger partial charge on any atom is -0.494 e. The Labute approximate surface area is 289 Å². The molecule has 2 amide bonds. The van der Waals surface area contributed by atoms with Crippen LogP contribution in [-0.2, 0) is 32.6 Å². The molecule has 0 saturated heterocycles. The molecule has 0 spiro atoms. The molecule has 1 aliphatic carbocycles. The van der Waals surface area contributed by atoms with Crippen LogP contribution in [-0.4, -0.2) is 50.4 Å². The lowest BCUT2D eigenvalue weighted by atomic mass is 9.94. The van der Waals surface area contributed by atoms with Crippen LogP contribution in [0.15, 0.2) is 108 Å². The minimum atomic E-state index is -4.35. The van der Waals surface area contributed by atoms with Gasteiger partial charge in [0.15, 0.2) is 0 Å². The monoisotopic (exact) mass is 685 g/mol. The molecule has 49 heavy (non-hydrogen) atoms. The summed E-state index contributed by atoms with van der Waals surface area (Å²) in [5, 5.41) is 3.22. The lowest BCUT2D eigenvalue weighted by Crippen LogP contribution is -2.55. The molecule has 5 rings (SSSR count). The maximum atomic E-state index is 14.7. The molecule has 4 aromatic rings. The van der Waals surface area contributed by atoms with Gasteiger partial charge in [-0.15, -0.1) is 0 Å². The molecule has 1 atom stereocenters. The van der Waals surface area contributed by atoms with Gasteiger partial charge >= 0.3 is 0 Å². The Balaban J connectivity index is 1.56. The third kappa shape index (κ3) is 9.47. The standard InChI is InChI=1S/C39H44FN3O5S/c1-3-48-35-22-20-34(21-23-35)43(49(46,47)36-24-18-32(40)19-25-36)28-38(44)42(27-31-16-14-29(2)15-17-31)37(26-30-10-6-4-7-11-30)39(45)41-33-12-8-5-9-13-33/h4,6-7,10-11,14-25,33,37H,3,5,8-9,12-13,26-28H2,1-2H3,(H,41,45)/t37-/m0/s1. The fourth-order valence-electron chi connectivity index (χ4n) is 6.13. The van der Waals surface area contributed by atoms with Crippen molar-refractivity contribution in [2.75, 3.05) is 17.5 Å². The van der Waals surface area contributed by atoms with E-state index in [4.69, 9.17) is 4.74 Å². The Morgan fingerprint density at radius 1 is 0.857 bits per heavy atom. The zero-order chi connectivity index (χ0) is 34.8. The minimum absolute atomic E-state index is 0.00931. The first kappa shape index (κ1) is 35.6. The first-order valence-corrected chi connectivity index (χ1v) is 18.3. The number of amides is 2. The Bertz CT molecular complexity index is 1780. The fraction of sp³-hybridized carbons (Fsp3) is 0.333. The van der Waals surface area contributed by atoms with Crippen LogP contribution >= 0.6 is 0 Å². The second kappa shape index (κ2) is 16.6. The average Bonchev–Trinajstić information content (AvgIpc) is 3.11. The van der Waals surface area contributed by atoms with Gasteiger partial charge < -0.3 is 15.0 Å². The van der Waals surface area contributed by atoms with Crippen LogP contribution in [0.5, 0.6) is 5.75 Å². The Morgan fingerprint density at radius 3 is 2.14 bits per heavy atom. The van der Waals surface area contributed by atoms with Gasteiger partial charge in [0, 0.05) is 19.0 Å². The Morgan fingerprint density at radius 2 is 1.51 bits per heavy atom. The molecule has 1 aliphatic rings. The fourth-order valence-corrected chi connectivity index (χ4v) is 7.54. The van der Waals surface area contributed by atoms with Crippen LogP contribution in [0.4, 0.5) is 10.1 Å². The van der Waals surface area contributed by atoms with E-state index in [2.05, 4.69) is 5.32 Å². The van der Waals surface area contributed by atoms with Crippen LogP contribution in [0, 0.1) is 12.7 Å². The summed E-state index contributed by atoms with van der Waals surface area (Å²) in [5.41, 5.74) is 2.94. The number of nitrogens with zero attached hydrogens (tertiary/aromatic N) is 2. The van der Waals surface area contributed by atoms with Gasteiger partial charge in [-0.1, -0.05) is 79.4 Å². The van der Waals surface area contributed by atoms with E-state index in [0.29, 0.717) is 12.4 Å². The van der Waals surface area contributed by atoms with Crippen molar-refractivity contribution in [1.82, 2.24) is 10.2 Å². The highest BCUT2D eigenvalue weighted by molar-refractivity contribution is 7.92. The van der Waals surface area contributed by atoms with E-state index in [0.717, 1.165) is 65.2 Å². The van der Waals surface area contributed by atoms with Crippen molar-refractivity contribution in [3.05, 3.63) is 126 Å². The summed E-state index contributed by atoms with van der Waals surface area (Å²) >= 11 is 0. The molecule has 1 saturated carbocycles. The lowest BCUT2D eigenvalue weighted by Gasteiger charge is -2.35. The number of halogens is 1. The predicted molar refractivity (Wildman–Crippen MR) is 189 cm³/mol. The third-order valence-electron chi connectivity index (χ3n) is 8.81. The summed E-state index contributed by atoms with van der Waals surface area (Å²) in [6.07, 6.45) is 5.16. The van der Waals surface area contributed by atoms with E-state index in [-0.39, 0.29) is 35.5 Å². The third-order valence-corrected chi connectivity index (χ3v) is 10.6. The molecular formula is C39H44FN3O5S. The van der Waals surface area contributed by atoms with E-state index in [1.54, 1.807) is 24.3 Å². The number of nitrogens with one attached hydrogen (secondary N) is 1. The van der Waals surface area contributed by atoms with Gasteiger partial charge in [0.2, 0.25) is 11.8 Å². The number of hydrogen-bond donors (Lipinski definition) is 1. The number of carbonyl (C=O) groups is 2. The summed E-state index contributed by atoms with van der Waals surface area (Å²) in [4.78, 5) is 30.2. The quantitative estimate of drug-likeness (QED) is 0.157. The molecule has 1 N–H and O–H groups in total. The van der Waals surface area contributed by atoms with Crippen molar-refractivity contribution in [2.24, 2.45) is 0 Å². The van der Waals surface area contributed by atoms with E-state index in [9.17, 15) is 22.4 Å². The smallest absolute Gasteiger partial charge is 0.264 e. The summed E-state index contributed by atoms with van der Waals surface area (Å²) in [6.45, 7) is 3.73. The molecule has 0 aliphatic heterocycles. The van der Waals surface area contributed by atoms with E-state index >= 15 is 0 Å². The molecular weight excluding hydrogens is 642 g/mol. The first-order chi connectivity index (χ1) is 23.6. The molecule has 8 nitrogen and oxygen atoms in total. The topological polar surface area (TPSA) is 96.0 Å². The van der Waals surface area contributed by atoms with Crippen molar-refractivity contribution >= 4 is 27.5 Å². The average molecular weight is 686 g/mol. The number of hydrogen-bond acceptors (Lipinski definition) is 5. The predicted octanol–water partition coefficient (Wildman–Crippen LogP) is 6.82. The molecule has 0 aromatic heterocycles. The van der Waals surface area contributed by atoms with Gasteiger partial charge in [-0.2, -0.15) is 0 Å². The maximum Gasteiger partial charge on any atom is 0.264 e. The van der Waals surface area contributed by atoms with E-state index in [1.807, 2.05) is 68.4 Å². The zero-order valence-corrected chi connectivity index (χ0v) is 28.9. The van der Waals surface area contributed by atoms with Gasteiger partial charge in [-0.25, -0.2) is 12.8 Å². The number of sulfonamides is 1. The number of anilines is 1. The molecule has 0 heterocycles. The molecule has 258 valence electrons. The van der Waals surface area contributed by atoms with E-state index in [1.165, 1.54) is 17.0 Å². The Hall–Kier alpha value is -4.70. The molecule has 4 aromatic carbocycles. The second-order valence-electron chi connectivity index (χ2n) is 12.4. The number of aryl methyl sites for hydroxylation is 1. The van der Waals surface area contributed by atoms with Crippen LogP contribution in [0.2, 0.25) is 0 Å². The number of rotatable bonds is 14. The Kier molecular flexibility index (Phi) is 12.1. The van der Waals surface area contributed by atoms with Crippen molar-refractivity contribution < 1.29 is 27.1 Å². The van der Waals surface area contributed by atoms with Gasteiger partial charge in [0.1, 0.15) is 24.2 Å². The maximum absolute atomic E-state index is 14.7. The van der Waals surface area contributed by atoms with Gasteiger partial charge in [-0.3, -0.25) is 13.9 Å². The number of ether oxygens (including phenoxy) is 1. The summed E-state index contributed by atoms with van der Waals surface area (Å²) in [7, 11) is -4.35. The van der Waals surface area contributed by atoms with Crippen molar-refractivity contribution in [3.63, 3.8) is 0 Å². The van der Waals surface area contributed by atoms with Crippen molar-refractivity contribution in [1.29, 1.82) is 0 Å². The highest BCUT2D eigenvalue weighted by Crippen LogP contribution is 2.27. The zero-order valence-electron chi connectivity index (χ0n) is 28.1. The summed E-state index contributed by atoms with van der Waals surface area (Å²) < 4.78 is 48.8. The summed E-state index contributed by atoms with van der Waals surface area (Å²) in [5.74, 6) is -0.871. The summed E-state index contributed by atoms with van der Waals surface area (Å²) in [6, 6.07) is 27.2. The SMILES string of the molecule is CCOc1ccc(N(CC(=O)N(Cc2ccc(C)cc2)[C@@H](Cc2ccccc2)C(=O)NC2CCCCC2)S(=O)(=O)c2ccc(F)cc2)cc1. The van der Waals surface area contributed by atoms with Crippen LogP contribution in [0.1, 0.15) is 55.7 Å². The number of benzene rings is 4. The second-order valence-corrected chi connectivity index (χ2v) is 14.3. The highest BCUT2D eigenvalue weighted by atomic mass is 32.2. The molecule has 0 bridgehead atoms. The van der Waals surface area contributed by atoms with Crippen LogP contribution < -0.4 is 14.4 Å². The van der Waals surface area contributed by atoms with Crippen molar-refractivity contribution in [3.8, 4) is 5.75 Å².